The molecule has 2 rings (SSSR count). The molecule has 0 aliphatic rings. The zero-order valence-electron chi connectivity index (χ0n) is 11.6. The first kappa shape index (κ1) is 15.1. The number of anilines is 1. The van der Waals surface area contributed by atoms with Crippen LogP contribution in [0.4, 0.5) is 17.1 Å². The summed E-state index contributed by atoms with van der Waals surface area (Å²) in [4.78, 5) is -0.180. The minimum absolute atomic E-state index is 0.180. The molecule has 3 N–H and O–H groups in total. The number of nitrogens with two attached hydrogens (primary N) is 1. The van der Waals surface area contributed by atoms with Gasteiger partial charge in [0, 0.05) is 5.69 Å². The van der Waals surface area contributed by atoms with Crippen molar-refractivity contribution in [2.75, 3.05) is 5.73 Å². The number of hydrogen-bond donors (Lipinski definition) is 2. The maximum Gasteiger partial charge on any atom is 0.294 e. The summed E-state index contributed by atoms with van der Waals surface area (Å²) in [5.74, 6) is 0. The van der Waals surface area contributed by atoms with E-state index in [1.54, 1.807) is 0 Å². The van der Waals surface area contributed by atoms with Crippen molar-refractivity contribution in [2.24, 2.45) is 10.2 Å². The van der Waals surface area contributed by atoms with E-state index in [0.29, 0.717) is 17.1 Å². The molecule has 0 saturated heterocycles. The lowest BCUT2D eigenvalue weighted by Crippen LogP contribution is -1.96. The van der Waals surface area contributed by atoms with Crippen LogP contribution in [0.1, 0.15) is 11.1 Å². The summed E-state index contributed by atoms with van der Waals surface area (Å²) in [5.41, 5.74) is 9.49. The molecule has 0 aromatic heterocycles. The predicted molar refractivity (Wildman–Crippen MR) is 80.8 cm³/mol. The summed E-state index contributed by atoms with van der Waals surface area (Å²) in [6, 6.07) is 9.12. The monoisotopic (exact) mass is 305 g/mol. The summed E-state index contributed by atoms with van der Waals surface area (Å²) in [5, 5.41) is 8.17. The van der Waals surface area contributed by atoms with E-state index in [0.717, 1.165) is 11.1 Å². The van der Waals surface area contributed by atoms with Crippen molar-refractivity contribution in [1.29, 1.82) is 0 Å². The van der Waals surface area contributed by atoms with Gasteiger partial charge in [0.25, 0.3) is 10.1 Å². The minimum atomic E-state index is -4.19. The molecule has 0 spiro atoms. The van der Waals surface area contributed by atoms with Gasteiger partial charge in [0.15, 0.2) is 0 Å². The number of aryl methyl sites for hydroxylation is 2. The maximum atomic E-state index is 10.9. The van der Waals surface area contributed by atoms with Crippen LogP contribution in [-0.2, 0) is 10.1 Å². The Kier molecular flexibility index (Phi) is 4.06. The van der Waals surface area contributed by atoms with E-state index in [9.17, 15) is 8.42 Å². The van der Waals surface area contributed by atoms with Crippen LogP contribution in [0.3, 0.4) is 0 Å². The lowest BCUT2D eigenvalue weighted by atomic mass is 10.1. The molecule has 21 heavy (non-hydrogen) atoms. The molecule has 0 saturated carbocycles. The molecule has 0 heterocycles. The Bertz CT molecular complexity index is 797. The summed E-state index contributed by atoms with van der Waals surface area (Å²) in [7, 11) is -4.19. The molecule has 0 amide bonds. The van der Waals surface area contributed by atoms with E-state index < -0.39 is 10.1 Å². The van der Waals surface area contributed by atoms with Gasteiger partial charge in [-0.05, 0) is 61.4 Å². The van der Waals surface area contributed by atoms with Gasteiger partial charge in [-0.15, -0.1) is 0 Å². The first-order chi connectivity index (χ1) is 9.77. The Hall–Kier alpha value is -2.25. The fourth-order valence-electron chi connectivity index (χ4n) is 1.73. The molecule has 2 aromatic rings. The van der Waals surface area contributed by atoms with Gasteiger partial charge >= 0.3 is 0 Å². The topological polar surface area (TPSA) is 105 Å². The van der Waals surface area contributed by atoms with Crippen LogP contribution in [0.15, 0.2) is 51.5 Å². The second-order valence-electron chi connectivity index (χ2n) is 4.66. The van der Waals surface area contributed by atoms with Crippen molar-refractivity contribution in [3.8, 4) is 0 Å². The van der Waals surface area contributed by atoms with Gasteiger partial charge in [-0.3, -0.25) is 4.55 Å². The van der Waals surface area contributed by atoms with E-state index in [-0.39, 0.29) is 4.90 Å². The fraction of sp³-hybridized carbons (Fsp3) is 0.143. The van der Waals surface area contributed by atoms with Crippen molar-refractivity contribution in [3.63, 3.8) is 0 Å². The van der Waals surface area contributed by atoms with Crippen LogP contribution < -0.4 is 5.73 Å². The number of benzene rings is 2. The third-order valence-electron chi connectivity index (χ3n) is 2.99. The quantitative estimate of drug-likeness (QED) is 0.514. The van der Waals surface area contributed by atoms with Crippen LogP contribution in [0.25, 0.3) is 0 Å². The van der Waals surface area contributed by atoms with Crippen LogP contribution >= 0.6 is 0 Å². The van der Waals surface area contributed by atoms with Gasteiger partial charge in [-0.1, -0.05) is 0 Å². The summed E-state index contributed by atoms with van der Waals surface area (Å²) < 4.78 is 30.7. The highest BCUT2D eigenvalue weighted by atomic mass is 32.2. The van der Waals surface area contributed by atoms with Crippen molar-refractivity contribution >= 4 is 27.2 Å². The van der Waals surface area contributed by atoms with Crippen molar-refractivity contribution in [3.05, 3.63) is 47.5 Å². The third-order valence-corrected chi connectivity index (χ3v) is 3.86. The number of azo groups is 1. The largest absolute Gasteiger partial charge is 0.399 e. The molecule has 2 aromatic carbocycles. The van der Waals surface area contributed by atoms with Gasteiger partial charge in [0.05, 0.1) is 16.3 Å². The van der Waals surface area contributed by atoms with E-state index in [1.165, 1.54) is 24.3 Å². The Morgan fingerprint density at radius 1 is 1.00 bits per heavy atom. The van der Waals surface area contributed by atoms with Crippen LogP contribution in [-0.4, -0.2) is 13.0 Å². The summed E-state index contributed by atoms with van der Waals surface area (Å²) >= 11 is 0. The van der Waals surface area contributed by atoms with Crippen molar-refractivity contribution in [1.82, 2.24) is 0 Å². The second kappa shape index (κ2) is 5.63. The summed E-state index contributed by atoms with van der Waals surface area (Å²) in [6.45, 7) is 3.76. The van der Waals surface area contributed by atoms with Crippen LogP contribution in [0.5, 0.6) is 0 Å². The number of nitrogens with zero attached hydrogens (tertiary/aromatic N) is 2. The van der Waals surface area contributed by atoms with E-state index >= 15 is 0 Å². The molecule has 7 heteroatoms. The highest BCUT2D eigenvalue weighted by Crippen LogP contribution is 2.26. The SMILES string of the molecule is Cc1cc(N=Nc2ccc(S(=O)(=O)O)cc2)c(C)cc1N. The Balaban J connectivity index is 2.28. The molecule has 0 unspecified atom stereocenters. The van der Waals surface area contributed by atoms with E-state index in [2.05, 4.69) is 10.2 Å². The van der Waals surface area contributed by atoms with Crippen molar-refractivity contribution in [2.45, 2.75) is 18.7 Å². The van der Waals surface area contributed by atoms with Gasteiger partial charge in [-0.25, -0.2) is 0 Å². The van der Waals surface area contributed by atoms with E-state index in [4.69, 9.17) is 10.3 Å². The zero-order valence-corrected chi connectivity index (χ0v) is 12.4. The number of rotatable bonds is 3. The van der Waals surface area contributed by atoms with Gasteiger partial charge in [0.1, 0.15) is 0 Å². The lowest BCUT2D eigenvalue weighted by Gasteiger charge is -2.04. The third kappa shape index (κ3) is 3.65. The predicted octanol–water partition coefficient (Wildman–Crippen LogP) is 3.55. The highest BCUT2D eigenvalue weighted by Gasteiger charge is 2.08. The standard InChI is InChI=1S/C14H15N3O3S/c1-9-8-14(10(2)7-13(9)15)17-16-11-3-5-12(6-4-11)21(18,19)20/h3-8H,15H2,1-2H3,(H,18,19,20). The molecule has 0 atom stereocenters. The molecule has 0 fully saturated rings. The summed E-state index contributed by atoms with van der Waals surface area (Å²) in [6.07, 6.45) is 0. The molecule has 6 nitrogen and oxygen atoms in total. The Labute approximate surface area is 123 Å². The number of nitrogen functional groups attached to an aromatic ring is 1. The van der Waals surface area contributed by atoms with Gasteiger partial charge in [-0.2, -0.15) is 18.6 Å². The molecule has 110 valence electrons. The Morgan fingerprint density at radius 3 is 2.19 bits per heavy atom. The molecule has 0 radical (unpaired) electrons. The van der Waals surface area contributed by atoms with Crippen molar-refractivity contribution < 1.29 is 13.0 Å². The van der Waals surface area contributed by atoms with Gasteiger partial charge in [0.2, 0.25) is 0 Å². The molecule has 0 aliphatic heterocycles. The van der Waals surface area contributed by atoms with Crippen LogP contribution in [0.2, 0.25) is 0 Å². The molecule has 0 bridgehead atoms. The smallest absolute Gasteiger partial charge is 0.294 e. The first-order valence-corrected chi connectivity index (χ1v) is 7.57. The fourth-order valence-corrected chi connectivity index (χ4v) is 2.21. The average Bonchev–Trinajstić information content (AvgIpc) is 2.41. The second-order valence-corrected chi connectivity index (χ2v) is 6.09. The maximum absolute atomic E-state index is 10.9. The zero-order chi connectivity index (χ0) is 15.6. The minimum Gasteiger partial charge on any atom is -0.399 e. The van der Waals surface area contributed by atoms with E-state index in [1.807, 2.05) is 26.0 Å². The Morgan fingerprint density at radius 2 is 1.62 bits per heavy atom. The lowest BCUT2D eigenvalue weighted by molar-refractivity contribution is 0.483. The van der Waals surface area contributed by atoms with Gasteiger partial charge < -0.3 is 5.73 Å². The molecular formula is C14H15N3O3S. The normalized spacial score (nSPS) is 12.0. The van der Waals surface area contributed by atoms with Crippen LogP contribution in [0, 0.1) is 13.8 Å². The highest BCUT2D eigenvalue weighted by molar-refractivity contribution is 7.85. The first-order valence-electron chi connectivity index (χ1n) is 6.13. The molecular weight excluding hydrogens is 290 g/mol. The number of hydrogen-bond acceptors (Lipinski definition) is 5. The molecule has 0 aliphatic carbocycles. The average molecular weight is 305 g/mol.